The predicted molar refractivity (Wildman–Crippen MR) is 103 cm³/mol. The first kappa shape index (κ1) is 20.2. The van der Waals surface area contributed by atoms with E-state index in [9.17, 15) is 19.5 Å². The molecule has 0 saturated carbocycles. The Labute approximate surface area is 165 Å². The molecule has 2 fully saturated rings. The van der Waals surface area contributed by atoms with Crippen LogP contribution in [0.2, 0.25) is 0 Å². The largest absolute Gasteiger partial charge is 0.493 e. The Kier molecular flexibility index (Phi) is 6.54. The summed E-state index contributed by atoms with van der Waals surface area (Å²) in [5.74, 6) is -0.620. The lowest BCUT2D eigenvalue weighted by molar-refractivity contribution is -0.143. The number of likely N-dealkylation sites (tertiary alicyclic amines) is 2. The Bertz CT molecular complexity index is 700. The number of hydrogen-bond acceptors (Lipinski definition) is 4. The third-order valence-corrected chi connectivity index (χ3v) is 5.77. The summed E-state index contributed by atoms with van der Waals surface area (Å²) in [4.78, 5) is 39.8. The van der Waals surface area contributed by atoms with Crippen LogP contribution in [0.15, 0.2) is 30.3 Å². The number of benzene rings is 1. The lowest BCUT2D eigenvalue weighted by atomic mass is 9.95. The minimum Gasteiger partial charge on any atom is -0.493 e. The van der Waals surface area contributed by atoms with Crippen LogP contribution >= 0.6 is 0 Å². The minimum absolute atomic E-state index is 0.0206. The van der Waals surface area contributed by atoms with Crippen molar-refractivity contribution in [2.75, 3.05) is 32.8 Å². The Morgan fingerprint density at radius 2 is 1.75 bits per heavy atom. The molecule has 1 N–H and O–H groups in total. The van der Waals surface area contributed by atoms with Crippen molar-refractivity contribution in [3.8, 4) is 5.75 Å². The van der Waals surface area contributed by atoms with Gasteiger partial charge in [0.15, 0.2) is 0 Å². The van der Waals surface area contributed by atoms with Gasteiger partial charge in [-0.1, -0.05) is 25.1 Å². The fraction of sp³-hybridized carbons (Fsp3) is 0.571. The van der Waals surface area contributed by atoms with E-state index in [0.717, 1.165) is 5.75 Å². The summed E-state index contributed by atoms with van der Waals surface area (Å²) in [6, 6.07) is 9.40. The van der Waals surface area contributed by atoms with Crippen molar-refractivity contribution in [3.63, 3.8) is 0 Å². The lowest BCUT2D eigenvalue weighted by Crippen LogP contribution is -2.44. The van der Waals surface area contributed by atoms with Crippen molar-refractivity contribution >= 4 is 17.8 Å². The number of rotatable bonds is 6. The van der Waals surface area contributed by atoms with E-state index in [0.29, 0.717) is 52.0 Å². The SMILES string of the molecule is C[C@@H]1CN(C(=O)C2CCN(C(=O)CCOc3ccccc3)CC2)C[C@H]1C(=O)O. The number of para-hydroxylation sites is 1. The third kappa shape index (κ3) is 4.82. The zero-order valence-electron chi connectivity index (χ0n) is 16.3. The summed E-state index contributed by atoms with van der Waals surface area (Å²) in [7, 11) is 0. The number of carboxylic acid groups (broad SMARTS) is 1. The molecule has 0 spiro atoms. The van der Waals surface area contributed by atoms with E-state index in [4.69, 9.17) is 4.74 Å². The Hall–Kier alpha value is -2.57. The second-order valence-electron chi connectivity index (χ2n) is 7.73. The van der Waals surface area contributed by atoms with Crippen LogP contribution in [0.3, 0.4) is 0 Å². The van der Waals surface area contributed by atoms with Gasteiger partial charge in [-0.2, -0.15) is 0 Å². The highest BCUT2D eigenvalue weighted by Crippen LogP contribution is 2.27. The van der Waals surface area contributed by atoms with E-state index in [2.05, 4.69) is 0 Å². The minimum atomic E-state index is -0.832. The van der Waals surface area contributed by atoms with Crippen LogP contribution in [0.25, 0.3) is 0 Å². The average Bonchev–Trinajstić information content (AvgIpc) is 3.10. The van der Waals surface area contributed by atoms with E-state index < -0.39 is 11.9 Å². The van der Waals surface area contributed by atoms with Gasteiger partial charge in [-0.25, -0.2) is 0 Å². The van der Waals surface area contributed by atoms with Crippen LogP contribution in [0, 0.1) is 17.8 Å². The monoisotopic (exact) mass is 388 g/mol. The number of amides is 2. The Morgan fingerprint density at radius 3 is 2.36 bits per heavy atom. The van der Waals surface area contributed by atoms with Gasteiger partial charge in [0.25, 0.3) is 0 Å². The molecule has 7 nitrogen and oxygen atoms in total. The predicted octanol–water partition coefficient (Wildman–Crippen LogP) is 1.87. The molecular weight excluding hydrogens is 360 g/mol. The van der Waals surface area contributed by atoms with Crippen molar-refractivity contribution in [1.29, 1.82) is 0 Å². The molecule has 3 rings (SSSR count). The molecule has 0 bridgehead atoms. The first-order chi connectivity index (χ1) is 13.5. The first-order valence-corrected chi connectivity index (χ1v) is 9.93. The fourth-order valence-corrected chi connectivity index (χ4v) is 4.03. The van der Waals surface area contributed by atoms with Gasteiger partial charge >= 0.3 is 5.97 Å². The number of carbonyl (C=O) groups is 3. The molecule has 2 amide bonds. The van der Waals surface area contributed by atoms with Crippen molar-refractivity contribution in [1.82, 2.24) is 9.80 Å². The molecule has 0 aromatic heterocycles. The van der Waals surface area contributed by atoms with Gasteiger partial charge in [0, 0.05) is 32.1 Å². The van der Waals surface area contributed by atoms with Gasteiger partial charge in [0.1, 0.15) is 5.75 Å². The second-order valence-corrected chi connectivity index (χ2v) is 7.73. The average molecular weight is 388 g/mol. The van der Waals surface area contributed by atoms with E-state index in [1.54, 1.807) is 9.80 Å². The first-order valence-electron chi connectivity index (χ1n) is 9.93. The summed E-state index contributed by atoms with van der Waals surface area (Å²) in [5, 5.41) is 9.24. The molecule has 2 saturated heterocycles. The lowest BCUT2D eigenvalue weighted by Gasteiger charge is -2.33. The van der Waals surface area contributed by atoms with Gasteiger partial charge in [-0.3, -0.25) is 14.4 Å². The molecule has 2 atom stereocenters. The van der Waals surface area contributed by atoms with Gasteiger partial charge in [0.2, 0.25) is 11.8 Å². The third-order valence-electron chi connectivity index (χ3n) is 5.77. The number of carbonyl (C=O) groups excluding carboxylic acids is 2. The van der Waals surface area contributed by atoms with Crippen molar-refractivity contribution in [3.05, 3.63) is 30.3 Å². The zero-order valence-corrected chi connectivity index (χ0v) is 16.3. The number of carboxylic acids is 1. The van der Waals surface area contributed by atoms with Gasteiger partial charge in [0.05, 0.1) is 18.9 Å². The summed E-state index contributed by atoms with van der Waals surface area (Å²) < 4.78 is 5.58. The molecule has 7 heteroatoms. The molecule has 0 aliphatic carbocycles. The quantitative estimate of drug-likeness (QED) is 0.804. The number of piperidine rings is 1. The summed E-state index contributed by atoms with van der Waals surface area (Å²) in [6.07, 6.45) is 1.58. The second kappa shape index (κ2) is 9.08. The van der Waals surface area contributed by atoms with Crippen LogP contribution in [-0.4, -0.2) is 65.5 Å². The van der Waals surface area contributed by atoms with Crippen LogP contribution in [0.4, 0.5) is 0 Å². The van der Waals surface area contributed by atoms with Crippen LogP contribution in [0.5, 0.6) is 5.75 Å². The van der Waals surface area contributed by atoms with E-state index in [1.165, 1.54) is 0 Å². The summed E-state index contributed by atoms with van der Waals surface area (Å²) in [5.41, 5.74) is 0. The molecular formula is C21H28N2O5. The molecule has 1 aromatic rings. The molecule has 152 valence electrons. The highest BCUT2D eigenvalue weighted by molar-refractivity contribution is 5.82. The molecule has 0 radical (unpaired) electrons. The number of nitrogens with zero attached hydrogens (tertiary/aromatic N) is 2. The Morgan fingerprint density at radius 1 is 1.07 bits per heavy atom. The fourth-order valence-electron chi connectivity index (χ4n) is 4.03. The van der Waals surface area contributed by atoms with E-state index >= 15 is 0 Å². The zero-order chi connectivity index (χ0) is 20.1. The Balaban J connectivity index is 1.41. The maximum absolute atomic E-state index is 12.7. The van der Waals surface area contributed by atoms with Gasteiger partial charge in [-0.15, -0.1) is 0 Å². The number of ether oxygens (including phenoxy) is 1. The van der Waals surface area contributed by atoms with Crippen LogP contribution in [0.1, 0.15) is 26.2 Å². The summed E-state index contributed by atoms with van der Waals surface area (Å²) in [6.45, 7) is 4.14. The maximum atomic E-state index is 12.7. The van der Waals surface area contributed by atoms with Crippen molar-refractivity contribution < 1.29 is 24.2 Å². The molecule has 2 aliphatic rings. The standard InChI is InChI=1S/C21H28N2O5/c1-15-13-23(14-18(15)21(26)27)20(25)16-7-10-22(11-8-16)19(24)9-12-28-17-5-3-2-4-6-17/h2-6,15-16,18H,7-14H2,1H3,(H,26,27)/t15-,18-/m1/s1. The smallest absolute Gasteiger partial charge is 0.308 e. The van der Waals surface area contributed by atoms with E-state index in [-0.39, 0.29) is 23.7 Å². The molecule has 2 heterocycles. The van der Waals surface area contributed by atoms with Crippen LogP contribution in [-0.2, 0) is 14.4 Å². The van der Waals surface area contributed by atoms with E-state index in [1.807, 2.05) is 37.3 Å². The normalized spacial score (nSPS) is 22.9. The van der Waals surface area contributed by atoms with Gasteiger partial charge in [-0.05, 0) is 30.9 Å². The molecule has 28 heavy (non-hydrogen) atoms. The topological polar surface area (TPSA) is 87.2 Å². The number of aliphatic carboxylic acids is 1. The van der Waals surface area contributed by atoms with Crippen molar-refractivity contribution in [2.45, 2.75) is 26.2 Å². The maximum Gasteiger partial charge on any atom is 0.308 e. The highest BCUT2D eigenvalue weighted by Gasteiger charge is 2.39. The molecule has 2 aliphatic heterocycles. The molecule has 0 unspecified atom stereocenters. The van der Waals surface area contributed by atoms with Crippen molar-refractivity contribution in [2.24, 2.45) is 17.8 Å². The van der Waals surface area contributed by atoms with Crippen LogP contribution < -0.4 is 4.74 Å². The van der Waals surface area contributed by atoms with Gasteiger partial charge < -0.3 is 19.6 Å². The highest BCUT2D eigenvalue weighted by atomic mass is 16.5. The number of hydrogen-bond donors (Lipinski definition) is 1. The molecule has 1 aromatic carbocycles. The summed E-state index contributed by atoms with van der Waals surface area (Å²) >= 11 is 0.